The third kappa shape index (κ3) is 3.76. The van der Waals surface area contributed by atoms with E-state index < -0.39 is 33.3 Å². The third-order valence-electron chi connectivity index (χ3n) is 6.60. The number of rotatable bonds is 5. The van der Waals surface area contributed by atoms with E-state index in [1.807, 2.05) is 0 Å². The van der Waals surface area contributed by atoms with E-state index in [0.717, 1.165) is 0 Å². The Morgan fingerprint density at radius 2 is 1.91 bits per heavy atom. The van der Waals surface area contributed by atoms with E-state index >= 15 is 0 Å². The fourth-order valence-corrected chi connectivity index (χ4v) is 6.91. The highest BCUT2D eigenvalue weighted by molar-refractivity contribution is 7.91. The molecule has 0 aromatic heterocycles. The zero-order chi connectivity index (χ0) is 23.6. The van der Waals surface area contributed by atoms with Crippen molar-refractivity contribution >= 4 is 33.0 Å². The lowest BCUT2D eigenvalue weighted by Crippen LogP contribution is -2.46. The molecule has 1 saturated carbocycles. The minimum Gasteiger partial charge on any atom is -0.435 e. The standard InChI is InChI=1S/C23H22F2N2O5S/c1-22(9-10-33(30,31)13-22)26-19(28)14-5-6-18-17(11-14)23(7-8-23)20(29)27(18)15-3-2-4-16(12-15)32-21(24)25/h2-6,11-12,21H,7-10,13H2,1H3,(H,26,28)/t22-/m1/s1. The minimum atomic E-state index is -3.18. The number of anilines is 2. The van der Waals surface area contributed by atoms with Crippen LogP contribution in [0.2, 0.25) is 0 Å². The highest BCUT2D eigenvalue weighted by Crippen LogP contribution is 2.59. The van der Waals surface area contributed by atoms with E-state index in [2.05, 4.69) is 10.1 Å². The van der Waals surface area contributed by atoms with Crippen LogP contribution >= 0.6 is 0 Å². The Bertz CT molecular complexity index is 1280. The molecule has 0 unspecified atom stereocenters. The van der Waals surface area contributed by atoms with Gasteiger partial charge in [0.2, 0.25) is 5.91 Å². The summed E-state index contributed by atoms with van der Waals surface area (Å²) in [6.45, 7) is -1.26. The number of ether oxygens (including phenoxy) is 1. The molecular weight excluding hydrogens is 454 g/mol. The predicted octanol–water partition coefficient (Wildman–Crippen LogP) is 3.30. The lowest BCUT2D eigenvalue weighted by molar-refractivity contribution is -0.119. The first-order valence-electron chi connectivity index (χ1n) is 10.6. The van der Waals surface area contributed by atoms with Crippen LogP contribution in [0.3, 0.4) is 0 Å². The summed E-state index contributed by atoms with van der Waals surface area (Å²) in [5.74, 6) is -0.687. The number of nitrogens with one attached hydrogen (secondary N) is 1. The second-order valence-electron chi connectivity index (χ2n) is 9.19. The summed E-state index contributed by atoms with van der Waals surface area (Å²) in [6.07, 6.45) is 1.60. The van der Waals surface area contributed by atoms with Gasteiger partial charge in [0, 0.05) is 11.6 Å². The number of carbonyl (C=O) groups is 2. The zero-order valence-electron chi connectivity index (χ0n) is 17.8. The average molecular weight is 477 g/mol. The van der Waals surface area contributed by atoms with Gasteiger partial charge in [0.1, 0.15) is 5.75 Å². The second kappa shape index (κ2) is 7.24. The van der Waals surface area contributed by atoms with Crippen LogP contribution in [0.15, 0.2) is 42.5 Å². The molecule has 33 heavy (non-hydrogen) atoms. The molecule has 1 aliphatic carbocycles. The van der Waals surface area contributed by atoms with Crippen molar-refractivity contribution in [1.29, 1.82) is 0 Å². The van der Waals surface area contributed by atoms with Gasteiger partial charge in [-0.25, -0.2) is 8.42 Å². The van der Waals surface area contributed by atoms with Gasteiger partial charge >= 0.3 is 6.61 Å². The van der Waals surface area contributed by atoms with Crippen molar-refractivity contribution < 1.29 is 31.5 Å². The van der Waals surface area contributed by atoms with Crippen molar-refractivity contribution in [3.8, 4) is 5.75 Å². The predicted molar refractivity (Wildman–Crippen MR) is 117 cm³/mol. The summed E-state index contributed by atoms with van der Waals surface area (Å²) in [6, 6.07) is 10.9. The summed E-state index contributed by atoms with van der Waals surface area (Å²) >= 11 is 0. The molecule has 1 saturated heterocycles. The molecule has 5 rings (SSSR count). The number of sulfone groups is 1. The maximum absolute atomic E-state index is 13.3. The van der Waals surface area contributed by atoms with Crippen LogP contribution in [0.1, 0.15) is 42.1 Å². The van der Waals surface area contributed by atoms with Crippen LogP contribution in [-0.2, 0) is 20.0 Å². The van der Waals surface area contributed by atoms with Crippen LogP contribution in [0, 0.1) is 0 Å². The molecule has 10 heteroatoms. The SMILES string of the molecule is C[C@@]1(NC(=O)c2ccc3c(c2)C2(CC2)C(=O)N3c2cccc(OC(F)F)c2)CCS(=O)(=O)C1. The maximum Gasteiger partial charge on any atom is 0.387 e. The molecular formula is C23H22F2N2O5S. The highest BCUT2D eigenvalue weighted by atomic mass is 32.2. The van der Waals surface area contributed by atoms with Gasteiger partial charge in [-0.3, -0.25) is 14.5 Å². The van der Waals surface area contributed by atoms with E-state index in [0.29, 0.717) is 41.8 Å². The third-order valence-corrected chi connectivity index (χ3v) is 8.50. The number of hydrogen-bond acceptors (Lipinski definition) is 5. The van der Waals surface area contributed by atoms with E-state index in [1.165, 1.54) is 23.1 Å². The number of nitrogens with zero attached hydrogens (tertiary/aromatic N) is 1. The van der Waals surface area contributed by atoms with Gasteiger partial charge in [-0.15, -0.1) is 0 Å². The van der Waals surface area contributed by atoms with Crippen molar-refractivity contribution in [3.63, 3.8) is 0 Å². The molecule has 1 N–H and O–H groups in total. The molecule has 2 fully saturated rings. The van der Waals surface area contributed by atoms with Crippen LogP contribution in [-0.4, -0.2) is 43.9 Å². The normalized spacial score (nSPS) is 24.2. The van der Waals surface area contributed by atoms with Gasteiger partial charge in [0.25, 0.3) is 5.91 Å². The van der Waals surface area contributed by atoms with Crippen LogP contribution in [0.4, 0.5) is 20.2 Å². The topological polar surface area (TPSA) is 92.8 Å². The molecule has 0 bridgehead atoms. The quantitative estimate of drug-likeness (QED) is 0.715. The van der Waals surface area contributed by atoms with Crippen molar-refractivity contribution in [1.82, 2.24) is 5.32 Å². The number of fused-ring (bicyclic) bond motifs is 2. The molecule has 7 nitrogen and oxygen atoms in total. The van der Waals surface area contributed by atoms with Crippen LogP contribution < -0.4 is 15.0 Å². The molecule has 2 aliphatic heterocycles. The zero-order valence-corrected chi connectivity index (χ0v) is 18.6. The van der Waals surface area contributed by atoms with Gasteiger partial charge in [-0.2, -0.15) is 8.78 Å². The Hall–Kier alpha value is -3.01. The number of benzene rings is 2. The lowest BCUT2D eigenvalue weighted by atomic mass is 9.95. The van der Waals surface area contributed by atoms with Crippen molar-refractivity contribution in [3.05, 3.63) is 53.6 Å². The Balaban J connectivity index is 1.46. The number of halogens is 2. The molecule has 2 heterocycles. The summed E-state index contributed by atoms with van der Waals surface area (Å²) in [5.41, 5.74) is 0.492. The fourth-order valence-electron chi connectivity index (χ4n) is 4.81. The molecule has 2 aromatic carbocycles. The average Bonchev–Trinajstić information content (AvgIpc) is 3.43. The number of alkyl halides is 2. The summed E-state index contributed by atoms with van der Waals surface area (Å²) in [7, 11) is -3.18. The molecule has 2 aromatic rings. The molecule has 3 aliphatic rings. The van der Waals surface area contributed by atoms with E-state index in [9.17, 15) is 26.8 Å². The largest absolute Gasteiger partial charge is 0.435 e. The molecule has 1 spiro atoms. The number of amides is 2. The highest BCUT2D eigenvalue weighted by Gasteiger charge is 2.59. The van der Waals surface area contributed by atoms with Gasteiger partial charge in [0.05, 0.1) is 33.8 Å². The Labute approximate surface area is 189 Å². The van der Waals surface area contributed by atoms with Crippen LogP contribution in [0.5, 0.6) is 5.75 Å². The monoisotopic (exact) mass is 476 g/mol. The Morgan fingerprint density at radius 1 is 1.15 bits per heavy atom. The smallest absolute Gasteiger partial charge is 0.387 e. The second-order valence-corrected chi connectivity index (χ2v) is 11.4. The lowest BCUT2D eigenvalue weighted by Gasteiger charge is -2.24. The first-order chi connectivity index (χ1) is 15.5. The molecule has 2 amide bonds. The summed E-state index contributed by atoms with van der Waals surface area (Å²) in [5, 5.41) is 2.84. The van der Waals surface area contributed by atoms with Crippen molar-refractivity contribution in [2.24, 2.45) is 0 Å². The van der Waals surface area contributed by atoms with Crippen molar-refractivity contribution in [2.75, 3.05) is 16.4 Å². The maximum atomic E-state index is 13.3. The minimum absolute atomic E-state index is 0.0366. The van der Waals surface area contributed by atoms with Gasteiger partial charge in [-0.05, 0) is 62.1 Å². The molecule has 0 radical (unpaired) electrons. The summed E-state index contributed by atoms with van der Waals surface area (Å²) in [4.78, 5) is 27.7. The van der Waals surface area contributed by atoms with Gasteiger partial charge < -0.3 is 10.1 Å². The molecule has 1 atom stereocenters. The Morgan fingerprint density at radius 3 is 2.55 bits per heavy atom. The first kappa shape index (κ1) is 21.8. The van der Waals surface area contributed by atoms with E-state index in [4.69, 9.17) is 0 Å². The van der Waals surface area contributed by atoms with Gasteiger partial charge in [0.15, 0.2) is 9.84 Å². The number of carbonyl (C=O) groups excluding carboxylic acids is 2. The van der Waals surface area contributed by atoms with Gasteiger partial charge in [-0.1, -0.05) is 6.07 Å². The molecule has 174 valence electrons. The van der Waals surface area contributed by atoms with Crippen molar-refractivity contribution in [2.45, 2.75) is 43.8 Å². The van der Waals surface area contributed by atoms with Crippen LogP contribution in [0.25, 0.3) is 0 Å². The first-order valence-corrected chi connectivity index (χ1v) is 12.4. The summed E-state index contributed by atoms with van der Waals surface area (Å²) < 4.78 is 53.5. The number of hydrogen-bond donors (Lipinski definition) is 1. The van der Waals surface area contributed by atoms with E-state index in [-0.39, 0.29) is 23.2 Å². The Kier molecular flexibility index (Phi) is 4.79. The van der Waals surface area contributed by atoms with E-state index in [1.54, 1.807) is 31.2 Å². The fraction of sp³-hybridized carbons (Fsp3) is 0.391.